The van der Waals surface area contributed by atoms with Crippen molar-refractivity contribution in [2.45, 2.75) is 50.0 Å². The quantitative estimate of drug-likeness (QED) is 0.597. The number of nitrogens with zero attached hydrogens (tertiary/aromatic N) is 1. The van der Waals surface area contributed by atoms with Crippen molar-refractivity contribution in [1.82, 2.24) is 15.5 Å². The van der Waals surface area contributed by atoms with E-state index in [0.29, 0.717) is 34.7 Å². The number of aliphatic hydroxyl groups excluding tert-OH is 1. The molecule has 0 radical (unpaired) electrons. The molecule has 3 heterocycles. The first-order chi connectivity index (χ1) is 12.4. The van der Waals surface area contributed by atoms with E-state index >= 15 is 0 Å². The molecule has 7 nitrogen and oxygen atoms in total. The lowest BCUT2D eigenvalue weighted by atomic mass is 9.62. The van der Waals surface area contributed by atoms with Crippen molar-refractivity contribution < 1.29 is 14.7 Å². The van der Waals surface area contributed by atoms with Crippen LogP contribution < -0.4 is 16.4 Å². The lowest BCUT2D eigenvalue weighted by molar-refractivity contribution is -0.130. The molecule has 138 valence electrons. The van der Waals surface area contributed by atoms with Crippen molar-refractivity contribution in [3.05, 3.63) is 29.3 Å². The smallest absolute Gasteiger partial charge is 0.257 e. The number of hydrogen-bond acceptors (Lipinski definition) is 5. The van der Waals surface area contributed by atoms with Crippen molar-refractivity contribution in [2.24, 2.45) is 11.8 Å². The molecular weight excluding hydrogens is 332 g/mol. The molecule has 1 aromatic carbocycles. The Bertz CT molecular complexity index is 758. The van der Waals surface area contributed by atoms with E-state index in [0.717, 1.165) is 12.8 Å². The minimum Gasteiger partial charge on any atom is -0.399 e. The van der Waals surface area contributed by atoms with Crippen LogP contribution in [0, 0.1) is 11.8 Å². The van der Waals surface area contributed by atoms with Gasteiger partial charge in [-0.3, -0.25) is 19.8 Å². The van der Waals surface area contributed by atoms with Crippen molar-refractivity contribution >= 4 is 17.5 Å². The molecule has 4 bridgehead atoms. The van der Waals surface area contributed by atoms with Crippen LogP contribution in [-0.4, -0.2) is 40.1 Å². The lowest BCUT2D eigenvalue weighted by Crippen LogP contribution is -2.71. The van der Waals surface area contributed by atoms with E-state index < -0.39 is 6.23 Å². The number of fused-ring (bicyclic) bond motifs is 1. The van der Waals surface area contributed by atoms with Gasteiger partial charge in [-0.05, 0) is 62.1 Å². The number of aliphatic hydroxyl groups is 1. The number of amides is 2. The molecule has 6 rings (SSSR count). The fourth-order valence-corrected chi connectivity index (χ4v) is 5.77. The second-order valence-electron chi connectivity index (χ2n) is 8.47. The highest BCUT2D eigenvalue weighted by Gasteiger charge is 2.51. The third-order valence-electron chi connectivity index (χ3n) is 6.49. The molecule has 7 heteroatoms. The number of carbonyl (C=O) groups excluding carboxylic acids is 2. The summed E-state index contributed by atoms with van der Waals surface area (Å²) in [6, 6.07) is 5.32. The third kappa shape index (κ3) is 2.41. The van der Waals surface area contributed by atoms with E-state index in [1.165, 1.54) is 24.2 Å². The van der Waals surface area contributed by atoms with E-state index in [2.05, 4.69) is 10.6 Å². The largest absolute Gasteiger partial charge is 0.399 e. The van der Waals surface area contributed by atoms with Gasteiger partial charge in [0.2, 0.25) is 5.91 Å². The molecule has 2 amide bonds. The van der Waals surface area contributed by atoms with Crippen LogP contribution in [0.1, 0.15) is 54.3 Å². The maximum Gasteiger partial charge on any atom is 0.257 e. The number of rotatable bonds is 3. The number of anilines is 1. The Balaban J connectivity index is 1.30. The monoisotopic (exact) mass is 356 g/mol. The summed E-state index contributed by atoms with van der Waals surface area (Å²) >= 11 is 0. The first kappa shape index (κ1) is 16.1. The highest BCUT2D eigenvalue weighted by atomic mass is 16.3. The van der Waals surface area contributed by atoms with Crippen molar-refractivity contribution in [3.63, 3.8) is 0 Å². The average molecular weight is 356 g/mol. The van der Waals surface area contributed by atoms with E-state index in [1.807, 2.05) is 0 Å². The molecule has 3 aliphatic heterocycles. The van der Waals surface area contributed by atoms with Crippen LogP contribution in [0.25, 0.3) is 0 Å². The minimum atomic E-state index is -1.13. The van der Waals surface area contributed by atoms with Gasteiger partial charge in [0.05, 0.1) is 5.66 Å². The highest BCUT2D eigenvalue weighted by Crippen LogP contribution is 2.48. The Morgan fingerprint density at radius 1 is 1.31 bits per heavy atom. The molecule has 2 saturated carbocycles. The number of nitrogen functional groups attached to an aromatic ring is 1. The highest BCUT2D eigenvalue weighted by molar-refractivity contribution is 6.01. The van der Waals surface area contributed by atoms with E-state index in [-0.39, 0.29) is 24.0 Å². The zero-order valence-corrected chi connectivity index (χ0v) is 14.6. The second kappa shape index (κ2) is 5.44. The fourth-order valence-electron chi connectivity index (χ4n) is 5.77. The fraction of sp³-hybridized carbons (Fsp3) is 0.579. The van der Waals surface area contributed by atoms with Gasteiger partial charge in [-0.15, -0.1) is 0 Å². The Morgan fingerprint density at radius 2 is 2.04 bits per heavy atom. The summed E-state index contributed by atoms with van der Waals surface area (Å²) in [6.45, 7) is -0.155. The summed E-state index contributed by atoms with van der Waals surface area (Å²) in [6.07, 6.45) is 4.46. The minimum absolute atomic E-state index is 0.155. The predicted molar refractivity (Wildman–Crippen MR) is 94.7 cm³/mol. The van der Waals surface area contributed by atoms with Gasteiger partial charge in [-0.25, -0.2) is 0 Å². The number of nitrogens with two attached hydrogens (primary N) is 1. The molecule has 4 fully saturated rings. The van der Waals surface area contributed by atoms with Crippen molar-refractivity contribution in [2.75, 3.05) is 12.3 Å². The Morgan fingerprint density at radius 3 is 2.73 bits per heavy atom. The number of nitrogens with one attached hydrogen (secondary N) is 2. The normalized spacial score (nSPS) is 37.1. The van der Waals surface area contributed by atoms with Crippen LogP contribution >= 0.6 is 0 Å². The molecule has 0 aromatic heterocycles. The maximum absolute atomic E-state index is 12.7. The van der Waals surface area contributed by atoms with Crippen LogP contribution in [-0.2, 0) is 4.79 Å². The predicted octanol–water partition coefficient (Wildman–Crippen LogP) is 0.710. The summed E-state index contributed by atoms with van der Waals surface area (Å²) in [5.41, 5.74) is 6.78. The number of carbonyl (C=O) groups is 2. The Kier molecular flexibility index (Phi) is 3.36. The number of benzene rings is 1. The summed E-state index contributed by atoms with van der Waals surface area (Å²) in [5.74, 6) is 0.800. The molecule has 3 atom stereocenters. The van der Waals surface area contributed by atoms with E-state index in [9.17, 15) is 14.7 Å². The summed E-state index contributed by atoms with van der Waals surface area (Å²) in [7, 11) is 0. The SMILES string of the molecule is Nc1ccc2c(c1)C(O)N(CC(=O)NC13CC4CC(CC(C4)N1)C3)C2=O. The van der Waals surface area contributed by atoms with Gasteiger partial charge in [-0.2, -0.15) is 0 Å². The van der Waals surface area contributed by atoms with Gasteiger partial charge < -0.3 is 16.2 Å². The first-order valence-electron chi connectivity index (χ1n) is 9.40. The van der Waals surface area contributed by atoms with Gasteiger partial charge in [0, 0.05) is 22.9 Å². The molecule has 2 saturated heterocycles. The van der Waals surface area contributed by atoms with Gasteiger partial charge in [0.1, 0.15) is 6.54 Å². The topological polar surface area (TPSA) is 108 Å². The van der Waals surface area contributed by atoms with Crippen molar-refractivity contribution in [1.29, 1.82) is 0 Å². The van der Waals surface area contributed by atoms with Crippen LogP contribution in [0.3, 0.4) is 0 Å². The summed E-state index contributed by atoms with van der Waals surface area (Å²) < 4.78 is 0. The van der Waals surface area contributed by atoms with Crippen LogP contribution in [0.15, 0.2) is 18.2 Å². The zero-order valence-electron chi connectivity index (χ0n) is 14.6. The van der Waals surface area contributed by atoms with Gasteiger partial charge in [0.15, 0.2) is 6.23 Å². The van der Waals surface area contributed by atoms with Crippen LogP contribution in [0.4, 0.5) is 5.69 Å². The molecular formula is C19H24N4O3. The second-order valence-corrected chi connectivity index (χ2v) is 8.47. The van der Waals surface area contributed by atoms with E-state index in [1.54, 1.807) is 18.2 Å². The number of piperidine rings is 2. The molecule has 0 spiro atoms. The average Bonchev–Trinajstić information content (AvgIpc) is 2.77. The van der Waals surface area contributed by atoms with E-state index in [4.69, 9.17) is 5.73 Å². The maximum atomic E-state index is 12.7. The molecule has 1 aromatic rings. The number of hydrogen-bond donors (Lipinski definition) is 4. The lowest BCUT2D eigenvalue weighted by Gasteiger charge is -2.57. The van der Waals surface area contributed by atoms with Gasteiger partial charge >= 0.3 is 0 Å². The summed E-state index contributed by atoms with van der Waals surface area (Å²) in [5, 5.41) is 17.2. The molecule has 3 unspecified atom stereocenters. The Labute approximate surface area is 151 Å². The van der Waals surface area contributed by atoms with Crippen LogP contribution in [0.2, 0.25) is 0 Å². The molecule has 5 N–H and O–H groups in total. The summed E-state index contributed by atoms with van der Waals surface area (Å²) in [4.78, 5) is 26.5. The molecule has 26 heavy (non-hydrogen) atoms. The van der Waals surface area contributed by atoms with Crippen LogP contribution in [0.5, 0.6) is 0 Å². The zero-order chi connectivity index (χ0) is 18.1. The first-order valence-corrected chi connectivity index (χ1v) is 9.40. The third-order valence-corrected chi connectivity index (χ3v) is 6.49. The molecule has 2 aliphatic carbocycles. The van der Waals surface area contributed by atoms with Gasteiger partial charge in [0.25, 0.3) is 5.91 Å². The Hall–Kier alpha value is -2.12. The molecule has 5 aliphatic rings. The standard InChI is InChI=1S/C19H24N4O3/c20-12-1-2-14-15(6-12)18(26)23(17(14)25)9-16(24)22-19-7-10-3-11(8-19)5-13(4-10)21-19/h1-2,6,10-11,13,18,21,26H,3-5,7-9,20H2,(H,22,24). The van der Waals surface area contributed by atoms with Gasteiger partial charge in [-0.1, -0.05) is 0 Å². The van der Waals surface area contributed by atoms with Crippen molar-refractivity contribution in [3.8, 4) is 0 Å².